The zero-order valence-corrected chi connectivity index (χ0v) is 13.6. The van der Waals surface area contributed by atoms with Crippen LogP contribution in [0.25, 0.3) is 0 Å². The minimum atomic E-state index is 0. The SMILES string of the molecule is COc1ccc(C)cc1NC(=O)CN1CCNC[C@H]1C.Cl. The Bertz CT molecular complexity index is 482. The number of hydrogen-bond acceptors (Lipinski definition) is 4. The third kappa shape index (κ3) is 4.88. The second-order valence-corrected chi connectivity index (χ2v) is 5.28. The summed E-state index contributed by atoms with van der Waals surface area (Å²) in [5.74, 6) is 0.694. The molecule has 2 N–H and O–H groups in total. The molecule has 118 valence electrons. The van der Waals surface area contributed by atoms with Crippen LogP contribution in [0.1, 0.15) is 12.5 Å². The number of methoxy groups -OCH3 is 1. The van der Waals surface area contributed by atoms with Gasteiger partial charge in [0.15, 0.2) is 0 Å². The van der Waals surface area contributed by atoms with E-state index in [2.05, 4.69) is 22.5 Å². The normalized spacial score (nSPS) is 18.7. The second-order valence-electron chi connectivity index (χ2n) is 5.28. The summed E-state index contributed by atoms with van der Waals surface area (Å²) in [6, 6.07) is 6.15. The lowest BCUT2D eigenvalue weighted by Crippen LogP contribution is -2.52. The maximum Gasteiger partial charge on any atom is 0.238 e. The van der Waals surface area contributed by atoms with Gasteiger partial charge in [0.1, 0.15) is 5.75 Å². The standard InChI is InChI=1S/C15H23N3O2.ClH/c1-11-4-5-14(20-3)13(8-11)17-15(19)10-18-7-6-16-9-12(18)2;/h4-5,8,12,16H,6-7,9-10H2,1-3H3,(H,17,19);1H/t12-;/m1./s1. The molecule has 21 heavy (non-hydrogen) atoms. The van der Waals surface area contributed by atoms with Crippen molar-refractivity contribution in [2.45, 2.75) is 19.9 Å². The maximum absolute atomic E-state index is 12.2. The van der Waals surface area contributed by atoms with Gasteiger partial charge in [-0.25, -0.2) is 0 Å². The third-order valence-corrected chi connectivity index (χ3v) is 3.61. The molecule has 0 saturated carbocycles. The molecule has 1 aromatic rings. The van der Waals surface area contributed by atoms with Crippen LogP contribution in [-0.2, 0) is 4.79 Å². The van der Waals surface area contributed by atoms with E-state index in [0.29, 0.717) is 18.3 Å². The second kappa shape index (κ2) is 8.22. The lowest BCUT2D eigenvalue weighted by atomic mass is 10.2. The Labute approximate surface area is 132 Å². The first kappa shape index (κ1) is 17.8. The van der Waals surface area contributed by atoms with Crippen LogP contribution < -0.4 is 15.4 Å². The fourth-order valence-corrected chi connectivity index (χ4v) is 2.41. The summed E-state index contributed by atoms with van der Waals surface area (Å²) in [6.45, 7) is 7.31. The van der Waals surface area contributed by atoms with Gasteiger partial charge in [-0.2, -0.15) is 0 Å². The van der Waals surface area contributed by atoms with E-state index in [1.807, 2.05) is 25.1 Å². The number of halogens is 1. The van der Waals surface area contributed by atoms with Gasteiger partial charge < -0.3 is 15.4 Å². The van der Waals surface area contributed by atoms with Gasteiger partial charge in [0.25, 0.3) is 0 Å². The predicted octanol–water partition coefficient (Wildman–Crippen LogP) is 1.66. The molecule has 0 aliphatic carbocycles. The molecule has 0 bridgehead atoms. The Morgan fingerprint density at radius 2 is 2.29 bits per heavy atom. The molecule has 1 aromatic carbocycles. The van der Waals surface area contributed by atoms with Gasteiger partial charge in [-0.05, 0) is 31.5 Å². The van der Waals surface area contributed by atoms with Gasteiger partial charge in [-0.3, -0.25) is 9.69 Å². The molecule has 0 spiro atoms. The highest BCUT2D eigenvalue weighted by Gasteiger charge is 2.20. The summed E-state index contributed by atoms with van der Waals surface area (Å²) < 4.78 is 5.27. The van der Waals surface area contributed by atoms with Crippen LogP contribution in [0, 0.1) is 6.92 Å². The van der Waals surface area contributed by atoms with E-state index in [0.717, 1.165) is 30.9 Å². The molecule has 1 atom stereocenters. The average molecular weight is 314 g/mol. The van der Waals surface area contributed by atoms with Crippen LogP contribution in [0.3, 0.4) is 0 Å². The number of hydrogen-bond donors (Lipinski definition) is 2. The van der Waals surface area contributed by atoms with E-state index in [1.165, 1.54) is 0 Å². The van der Waals surface area contributed by atoms with Crippen LogP contribution in [0.2, 0.25) is 0 Å². The summed E-state index contributed by atoms with van der Waals surface area (Å²) in [7, 11) is 1.61. The molecule has 1 saturated heterocycles. The molecular weight excluding hydrogens is 290 g/mol. The summed E-state index contributed by atoms with van der Waals surface area (Å²) in [5, 5.41) is 6.26. The van der Waals surface area contributed by atoms with E-state index in [-0.39, 0.29) is 18.3 Å². The predicted molar refractivity (Wildman–Crippen MR) is 87.5 cm³/mol. The van der Waals surface area contributed by atoms with Crippen LogP contribution in [0.5, 0.6) is 5.75 Å². The molecule has 1 fully saturated rings. The highest BCUT2D eigenvalue weighted by molar-refractivity contribution is 5.93. The van der Waals surface area contributed by atoms with Crippen molar-refractivity contribution in [1.29, 1.82) is 0 Å². The van der Waals surface area contributed by atoms with Crippen molar-refractivity contribution in [2.75, 3.05) is 38.6 Å². The molecule has 1 aliphatic rings. The topological polar surface area (TPSA) is 53.6 Å². The zero-order valence-electron chi connectivity index (χ0n) is 12.8. The van der Waals surface area contributed by atoms with Crippen molar-refractivity contribution in [3.63, 3.8) is 0 Å². The van der Waals surface area contributed by atoms with Gasteiger partial charge in [0.2, 0.25) is 5.91 Å². The molecule has 0 aromatic heterocycles. The van der Waals surface area contributed by atoms with Gasteiger partial charge in [-0.1, -0.05) is 6.07 Å². The molecular formula is C15H24ClN3O2. The monoisotopic (exact) mass is 313 g/mol. The lowest BCUT2D eigenvalue weighted by molar-refractivity contribution is -0.118. The number of amides is 1. The Kier molecular flexibility index (Phi) is 6.95. The first-order chi connectivity index (χ1) is 9.60. The highest BCUT2D eigenvalue weighted by Crippen LogP contribution is 2.25. The summed E-state index contributed by atoms with van der Waals surface area (Å²) in [6.07, 6.45) is 0. The number of rotatable bonds is 4. The minimum Gasteiger partial charge on any atom is -0.495 e. The molecule has 1 aliphatic heterocycles. The maximum atomic E-state index is 12.2. The number of nitrogens with zero attached hydrogens (tertiary/aromatic N) is 1. The van der Waals surface area contributed by atoms with Gasteiger partial charge in [0.05, 0.1) is 19.3 Å². The Morgan fingerprint density at radius 3 is 2.95 bits per heavy atom. The largest absolute Gasteiger partial charge is 0.495 e. The number of piperazine rings is 1. The Balaban J connectivity index is 0.00000220. The first-order valence-corrected chi connectivity index (χ1v) is 6.99. The number of carbonyl (C=O) groups is 1. The van der Waals surface area contributed by atoms with Gasteiger partial charge in [-0.15, -0.1) is 12.4 Å². The molecule has 0 radical (unpaired) electrons. The highest BCUT2D eigenvalue weighted by atomic mass is 35.5. The van der Waals surface area contributed by atoms with Crippen LogP contribution in [0.4, 0.5) is 5.69 Å². The zero-order chi connectivity index (χ0) is 14.5. The molecule has 0 unspecified atom stereocenters. The first-order valence-electron chi connectivity index (χ1n) is 6.99. The summed E-state index contributed by atoms with van der Waals surface area (Å²) in [4.78, 5) is 14.4. The van der Waals surface area contributed by atoms with Crippen LogP contribution in [-0.4, -0.2) is 50.1 Å². The number of ether oxygens (including phenoxy) is 1. The van der Waals surface area contributed by atoms with E-state index in [1.54, 1.807) is 7.11 Å². The number of anilines is 1. The minimum absolute atomic E-state index is 0. The van der Waals surface area contributed by atoms with Crippen molar-refractivity contribution in [2.24, 2.45) is 0 Å². The van der Waals surface area contributed by atoms with Crippen molar-refractivity contribution in [1.82, 2.24) is 10.2 Å². The Morgan fingerprint density at radius 1 is 1.52 bits per heavy atom. The quantitative estimate of drug-likeness (QED) is 0.887. The molecule has 2 rings (SSSR count). The summed E-state index contributed by atoms with van der Waals surface area (Å²) >= 11 is 0. The van der Waals surface area contributed by atoms with E-state index >= 15 is 0 Å². The van der Waals surface area contributed by atoms with Crippen molar-refractivity contribution in [3.8, 4) is 5.75 Å². The van der Waals surface area contributed by atoms with E-state index in [4.69, 9.17) is 4.74 Å². The number of nitrogens with one attached hydrogen (secondary N) is 2. The molecule has 1 amide bonds. The lowest BCUT2D eigenvalue weighted by Gasteiger charge is -2.33. The fraction of sp³-hybridized carbons (Fsp3) is 0.533. The average Bonchev–Trinajstić information content (AvgIpc) is 2.41. The van der Waals surface area contributed by atoms with E-state index in [9.17, 15) is 4.79 Å². The van der Waals surface area contributed by atoms with Crippen molar-refractivity contribution in [3.05, 3.63) is 23.8 Å². The smallest absolute Gasteiger partial charge is 0.238 e. The molecule has 1 heterocycles. The Hall–Kier alpha value is -1.30. The van der Waals surface area contributed by atoms with Crippen LogP contribution in [0.15, 0.2) is 18.2 Å². The van der Waals surface area contributed by atoms with Crippen LogP contribution >= 0.6 is 12.4 Å². The summed E-state index contributed by atoms with van der Waals surface area (Å²) in [5.41, 5.74) is 1.83. The molecule has 6 heteroatoms. The van der Waals surface area contributed by atoms with E-state index < -0.39 is 0 Å². The van der Waals surface area contributed by atoms with Crippen molar-refractivity contribution >= 4 is 24.0 Å². The third-order valence-electron chi connectivity index (χ3n) is 3.61. The van der Waals surface area contributed by atoms with Crippen molar-refractivity contribution < 1.29 is 9.53 Å². The van der Waals surface area contributed by atoms with Gasteiger partial charge in [0, 0.05) is 25.7 Å². The molecule has 5 nitrogen and oxygen atoms in total. The number of carbonyl (C=O) groups excluding carboxylic acids is 1. The fourth-order valence-electron chi connectivity index (χ4n) is 2.41. The van der Waals surface area contributed by atoms with Gasteiger partial charge >= 0.3 is 0 Å². The number of aryl methyl sites for hydroxylation is 1. The number of benzene rings is 1.